The molecule has 1 aliphatic carbocycles. The van der Waals surface area contributed by atoms with Crippen molar-refractivity contribution >= 4 is 40.2 Å². The van der Waals surface area contributed by atoms with Crippen LogP contribution in [0.5, 0.6) is 11.5 Å². The highest BCUT2D eigenvalue weighted by Crippen LogP contribution is 2.31. The molecule has 8 nitrogen and oxygen atoms in total. The predicted octanol–water partition coefficient (Wildman–Crippen LogP) is 6.19. The number of aliphatic carboxylic acids is 1. The largest absolute Gasteiger partial charge is 0.493 e. The molecule has 1 aliphatic rings. The summed E-state index contributed by atoms with van der Waals surface area (Å²) in [4.78, 5) is 30.0. The fourth-order valence-electron chi connectivity index (χ4n) is 3.94. The van der Waals surface area contributed by atoms with E-state index in [0.29, 0.717) is 47.5 Å². The Morgan fingerprint density at radius 2 is 2.00 bits per heavy atom. The van der Waals surface area contributed by atoms with Crippen molar-refractivity contribution in [1.82, 2.24) is 9.88 Å². The number of carboxylic acid groups (broad SMARTS) is 1. The summed E-state index contributed by atoms with van der Waals surface area (Å²) in [7, 11) is 0. The average molecular weight is 544 g/mol. The van der Waals surface area contributed by atoms with Crippen LogP contribution in [-0.2, 0) is 4.79 Å². The first-order valence-corrected chi connectivity index (χ1v) is 13.6. The maximum absolute atomic E-state index is 13.2. The summed E-state index contributed by atoms with van der Waals surface area (Å²) in [6, 6.07) is 5.94. The summed E-state index contributed by atoms with van der Waals surface area (Å²) >= 11 is 2.39. The third-order valence-electron chi connectivity index (χ3n) is 5.64. The minimum atomic E-state index is -3.28. The Labute approximate surface area is 217 Å². The molecule has 0 bridgehead atoms. The van der Waals surface area contributed by atoms with E-state index in [1.807, 2.05) is 4.90 Å². The number of benzene rings is 1. The van der Waals surface area contributed by atoms with E-state index < -0.39 is 12.1 Å². The molecule has 1 saturated carbocycles. The minimum Gasteiger partial charge on any atom is -0.493 e. The Morgan fingerprint density at radius 3 is 2.69 bits per heavy atom. The van der Waals surface area contributed by atoms with Gasteiger partial charge in [0.2, 0.25) is 0 Å². The van der Waals surface area contributed by atoms with Crippen LogP contribution in [-0.4, -0.2) is 58.0 Å². The molecule has 1 aromatic carbocycles. The highest BCUT2D eigenvalue weighted by Gasteiger charge is 2.28. The maximum atomic E-state index is 13.2. The monoisotopic (exact) mass is 543 g/mol. The summed E-state index contributed by atoms with van der Waals surface area (Å²) in [5, 5.41) is 12.1. The number of thiazole rings is 1. The topological polar surface area (TPSA) is 101 Å². The van der Waals surface area contributed by atoms with Crippen molar-refractivity contribution in [2.45, 2.75) is 62.3 Å². The van der Waals surface area contributed by atoms with Gasteiger partial charge in [-0.25, -0.2) is 9.78 Å². The molecule has 2 amide bonds. The van der Waals surface area contributed by atoms with Gasteiger partial charge in [0.25, 0.3) is 0 Å². The van der Waals surface area contributed by atoms with Crippen LogP contribution in [0.25, 0.3) is 0 Å². The Hall–Kier alpha value is -2.60. The average Bonchev–Trinajstić information content (AvgIpc) is 3.25. The Morgan fingerprint density at radius 1 is 1.28 bits per heavy atom. The van der Waals surface area contributed by atoms with Gasteiger partial charge in [-0.2, -0.15) is 8.78 Å². The first kappa shape index (κ1) is 28.0. The standard InChI is InChI=1S/C24H31F2N3O5S2/c1-16-7-9-17(10-8-16)29(23(32)28-22-27-14-21(36-22)35-15-20(30)31)11-4-12-33-18-5-3-6-19(13-18)34-24(2,25)26/h3,5-6,13-14,16-17H,4,7-12,15H2,1-2H3,(H,30,31)(H,27,28,32). The zero-order chi connectivity index (χ0) is 26.1. The quantitative estimate of drug-likeness (QED) is 0.243. The van der Waals surface area contributed by atoms with Gasteiger partial charge < -0.3 is 19.5 Å². The van der Waals surface area contributed by atoms with Gasteiger partial charge in [-0.15, -0.1) is 11.8 Å². The molecular formula is C24H31F2N3O5S2. The zero-order valence-electron chi connectivity index (χ0n) is 20.2. The number of alkyl halides is 2. The number of hydrogen-bond acceptors (Lipinski definition) is 7. The maximum Gasteiger partial charge on any atom is 0.394 e. The molecule has 0 unspecified atom stereocenters. The van der Waals surface area contributed by atoms with Gasteiger partial charge in [0.1, 0.15) is 11.5 Å². The molecule has 36 heavy (non-hydrogen) atoms. The van der Waals surface area contributed by atoms with Gasteiger partial charge in [-0.1, -0.05) is 24.3 Å². The molecule has 0 atom stereocenters. The molecule has 0 saturated heterocycles. The number of nitrogens with one attached hydrogen (secondary N) is 1. The number of carbonyl (C=O) groups excluding carboxylic acids is 1. The number of carboxylic acids is 1. The van der Waals surface area contributed by atoms with Crippen molar-refractivity contribution in [3.8, 4) is 11.5 Å². The molecule has 0 radical (unpaired) electrons. The smallest absolute Gasteiger partial charge is 0.394 e. The van der Waals surface area contributed by atoms with E-state index in [1.165, 1.54) is 23.5 Å². The fourth-order valence-corrected chi connectivity index (χ4v) is 5.53. The molecule has 1 aromatic heterocycles. The van der Waals surface area contributed by atoms with E-state index in [0.717, 1.165) is 37.4 Å². The number of amides is 2. The Kier molecular flexibility index (Phi) is 10.2. The van der Waals surface area contributed by atoms with Gasteiger partial charge in [0.05, 0.1) is 22.8 Å². The van der Waals surface area contributed by atoms with Gasteiger partial charge in [0.15, 0.2) is 5.13 Å². The third-order valence-corrected chi connectivity index (χ3v) is 7.73. The summed E-state index contributed by atoms with van der Waals surface area (Å²) in [5.74, 6) is 0.0709. The lowest BCUT2D eigenvalue weighted by molar-refractivity contribution is -0.159. The number of ether oxygens (including phenoxy) is 2. The molecule has 2 N–H and O–H groups in total. The van der Waals surface area contributed by atoms with E-state index >= 15 is 0 Å². The van der Waals surface area contributed by atoms with Gasteiger partial charge in [-0.05, 0) is 50.2 Å². The van der Waals surface area contributed by atoms with Crippen molar-refractivity contribution < 1.29 is 33.0 Å². The first-order valence-electron chi connectivity index (χ1n) is 11.8. The van der Waals surface area contributed by atoms with Crippen molar-refractivity contribution in [3.05, 3.63) is 30.5 Å². The second-order valence-corrected chi connectivity index (χ2v) is 11.1. The SMILES string of the molecule is CC1CCC(N(CCCOc2cccc(OC(C)(F)F)c2)C(=O)Nc2ncc(SCC(=O)O)s2)CC1. The molecule has 3 rings (SSSR count). The van der Waals surface area contributed by atoms with E-state index in [1.54, 1.807) is 18.3 Å². The number of nitrogens with zero attached hydrogens (tertiary/aromatic N) is 2. The number of thioether (sulfide) groups is 1. The highest BCUT2D eigenvalue weighted by atomic mass is 32.2. The zero-order valence-corrected chi connectivity index (χ0v) is 21.9. The van der Waals surface area contributed by atoms with Crippen LogP contribution in [0.3, 0.4) is 0 Å². The summed E-state index contributed by atoms with van der Waals surface area (Å²) in [5.41, 5.74) is 0. The summed E-state index contributed by atoms with van der Waals surface area (Å²) < 4.78 is 37.2. The molecule has 2 aromatic rings. The van der Waals surface area contributed by atoms with Crippen molar-refractivity contribution in [1.29, 1.82) is 0 Å². The van der Waals surface area contributed by atoms with Crippen LogP contribution in [0.1, 0.15) is 46.0 Å². The fraction of sp³-hybridized carbons (Fsp3) is 0.542. The molecule has 0 spiro atoms. The Balaban J connectivity index is 1.56. The van der Waals surface area contributed by atoms with Crippen molar-refractivity contribution in [2.24, 2.45) is 5.92 Å². The Bertz CT molecular complexity index is 1010. The lowest BCUT2D eigenvalue weighted by Crippen LogP contribution is -2.45. The van der Waals surface area contributed by atoms with Crippen LogP contribution in [0.15, 0.2) is 34.7 Å². The number of hydrogen-bond donors (Lipinski definition) is 2. The van der Waals surface area contributed by atoms with Crippen LogP contribution in [0, 0.1) is 5.92 Å². The van der Waals surface area contributed by atoms with Crippen LogP contribution in [0.4, 0.5) is 18.7 Å². The number of rotatable bonds is 12. The normalized spacial score (nSPS) is 17.9. The second-order valence-electron chi connectivity index (χ2n) is 8.79. The lowest BCUT2D eigenvalue weighted by atomic mass is 9.86. The van der Waals surface area contributed by atoms with E-state index in [9.17, 15) is 18.4 Å². The summed E-state index contributed by atoms with van der Waals surface area (Å²) in [6.07, 6.45) is 2.75. The van der Waals surface area contributed by atoms with Crippen LogP contribution >= 0.6 is 23.1 Å². The first-order chi connectivity index (χ1) is 17.1. The third kappa shape index (κ3) is 9.45. The van der Waals surface area contributed by atoms with E-state index in [2.05, 4.69) is 22.0 Å². The van der Waals surface area contributed by atoms with Gasteiger partial charge >= 0.3 is 18.1 Å². The second kappa shape index (κ2) is 13.1. The number of aromatic nitrogens is 1. The summed E-state index contributed by atoms with van der Waals surface area (Å²) in [6.45, 7) is 3.65. The molecule has 12 heteroatoms. The van der Waals surface area contributed by atoms with Crippen molar-refractivity contribution in [3.63, 3.8) is 0 Å². The van der Waals surface area contributed by atoms with Gasteiger partial charge in [-0.3, -0.25) is 10.1 Å². The minimum absolute atomic E-state index is 0.0154. The number of carbonyl (C=O) groups is 2. The molecule has 0 aliphatic heterocycles. The molecular weight excluding hydrogens is 512 g/mol. The van der Waals surface area contributed by atoms with E-state index in [4.69, 9.17) is 9.84 Å². The highest BCUT2D eigenvalue weighted by molar-refractivity contribution is 8.01. The molecule has 1 fully saturated rings. The lowest BCUT2D eigenvalue weighted by Gasteiger charge is -2.36. The van der Waals surface area contributed by atoms with Crippen LogP contribution < -0.4 is 14.8 Å². The van der Waals surface area contributed by atoms with Crippen LogP contribution in [0.2, 0.25) is 0 Å². The van der Waals surface area contributed by atoms with E-state index in [-0.39, 0.29) is 23.6 Å². The van der Waals surface area contributed by atoms with Crippen molar-refractivity contribution in [2.75, 3.05) is 24.2 Å². The molecule has 1 heterocycles. The predicted molar refractivity (Wildman–Crippen MR) is 135 cm³/mol. The number of anilines is 1. The number of halogens is 2. The number of urea groups is 1. The van der Waals surface area contributed by atoms with Gasteiger partial charge in [0, 0.05) is 25.6 Å². The molecule has 198 valence electrons.